The topological polar surface area (TPSA) is 62.4 Å². The van der Waals surface area contributed by atoms with Crippen molar-refractivity contribution in [1.82, 2.24) is 10.6 Å². The zero-order valence-corrected chi connectivity index (χ0v) is 12.7. The number of carbonyl (C=O) groups excluding carboxylic acids is 1. The Bertz CT molecular complexity index is 423. The van der Waals surface area contributed by atoms with Gasteiger partial charge in [-0.3, -0.25) is 0 Å². The quantitative estimate of drug-likeness (QED) is 0.718. The zero-order valence-electron chi connectivity index (χ0n) is 12.7. The zero-order chi connectivity index (χ0) is 15.0. The molecule has 3 N–H and O–H groups in total. The van der Waals surface area contributed by atoms with Crippen LogP contribution in [-0.2, 0) is 4.74 Å². The molecule has 2 atom stereocenters. The van der Waals surface area contributed by atoms with Crippen LogP contribution in [0.1, 0.15) is 32.4 Å². The minimum atomic E-state index is -0.217. The molecule has 0 aliphatic rings. The van der Waals surface area contributed by atoms with Crippen molar-refractivity contribution in [2.75, 3.05) is 25.5 Å². The molecule has 1 aromatic rings. The Labute approximate surface area is 121 Å². The molecule has 5 heteroatoms. The molecule has 0 spiro atoms. The van der Waals surface area contributed by atoms with Gasteiger partial charge in [-0.25, -0.2) is 4.79 Å². The molecule has 112 valence electrons. The molecule has 2 amide bonds. The van der Waals surface area contributed by atoms with Crippen LogP contribution in [0.25, 0.3) is 0 Å². The summed E-state index contributed by atoms with van der Waals surface area (Å²) in [5.41, 5.74) is 1.92. The molecule has 0 aromatic heterocycles. The molecule has 0 fully saturated rings. The molecule has 5 nitrogen and oxygen atoms in total. The van der Waals surface area contributed by atoms with Crippen LogP contribution < -0.4 is 16.0 Å². The van der Waals surface area contributed by atoms with Gasteiger partial charge in [-0.1, -0.05) is 12.1 Å². The highest BCUT2D eigenvalue weighted by molar-refractivity contribution is 5.89. The van der Waals surface area contributed by atoms with Crippen molar-refractivity contribution >= 4 is 11.7 Å². The van der Waals surface area contributed by atoms with Crippen molar-refractivity contribution in [3.63, 3.8) is 0 Å². The maximum absolute atomic E-state index is 11.8. The van der Waals surface area contributed by atoms with E-state index in [9.17, 15) is 4.79 Å². The van der Waals surface area contributed by atoms with Crippen LogP contribution in [0.5, 0.6) is 0 Å². The van der Waals surface area contributed by atoms with Crippen molar-refractivity contribution < 1.29 is 9.53 Å². The van der Waals surface area contributed by atoms with Crippen molar-refractivity contribution in [1.29, 1.82) is 0 Å². The van der Waals surface area contributed by atoms with E-state index >= 15 is 0 Å². The molecule has 1 rings (SSSR count). The van der Waals surface area contributed by atoms with Gasteiger partial charge in [0.05, 0.1) is 6.10 Å². The van der Waals surface area contributed by atoms with Crippen molar-refractivity contribution in [3.05, 3.63) is 29.8 Å². The standard InChI is InChI=1S/C15H25N3O2/c1-5-20-11(2)10-17-15(19)18-14-8-6-7-13(9-14)12(3)16-4/h6-9,11-12,16H,5,10H2,1-4H3,(H2,17,18,19). The van der Waals surface area contributed by atoms with E-state index in [1.165, 1.54) is 0 Å². The van der Waals surface area contributed by atoms with Gasteiger partial charge in [0.2, 0.25) is 0 Å². The first-order valence-electron chi connectivity index (χ1n) is 7.00. The number of hydrogen-bond acceptors (Lipinski definition) is 3. The number of rotatable bonds is 7. The van der Waals surface area contributed by atoms with Crippen LogP contribution in [0.4, 0.5) is 10.5 Å². The van der Waals surface area contributed by atoms with Crippen LogP contribution in [0.2, 0.25) is 0 Å². The highest BCUT2D eigenvalue weighted by Gasteiger charge is 2.07. The van der Waals surface area contributed by atoms with E-state index in [1.54, 1.807) is 0 Å². The van der Waals surface area contributed by atoms with Gasteiger partial charge in [0.1, 0.15) is 0 Å². The number of amides is 2. The summed E-state index contributed by atoms with van der Waals surface area (Å²) < 4.78 is 5.36. The lowest BCUT2D eigenvalue weighted by molar-refractivity contribution is 0.0780. The molecule has 0 saturated carbocycles. The van der Waals surface area contributed by atoms with E-state index in [2.05, 4.69) is 22.9 Å². The minimum absolute atomic E-state index is 0.0152. The summed E-state index contributed by atoms with van der Waals surface area (Å²) >= 11 is 0. The Kier molecular flexibility index (Phi) is 7.04. The van der Waals surface area contributed by atoms with Crippen molar-refractivity contribution in [2.24, 2.45) is 0 Å². The first-order valence-corrected chi connectivity index (χ1v) is 7.00. The largest absolute Gasteiger partial charge is 0.377 e. The van der Waals surface area contributed by atoms with Crippen LogP contribution in [-0.4, -0.2) is 32.3 Å². The Morgan fingerprint density at radius 1 is 1.35 bits per heavy atom. The monoisotopic (exact) mass is 279 g/mol. The number of urea groups is 1. The maximum Gasteiger partial charge on any atom is 0.319 e. The average Bonchev–Trinajstić information content (AvgIpc) is 2.45. The van der Waals surface area contributed by atoms with Crippen molar-refractivity contribution in [2.45, 2.75) is 32.9 Å². The number of benzene rings is 1. The van der Waals surface area contributed by atoms with Crippen molar-refractivity contribution in [3.8, 4) is 0 Å². The van der Waals surface area contributed by atoms with Gasteiger partial charge in [0.15, 0.2) is 0 Å². The normalized spacial score (nSPS) is 13.6. The van der Waals surface area contributed by atoms with Crippen LogP contribution in [0.3, 0.4) is 0 Å². The molecular weight excluding hydrogens is 254 g/mol. The van der Waals surface area contributed by atoms with Crippen LogP contribution >= 0.6 is 0 Å². The predicted molar refractivity (Wildman–Crippen MR) is 82.0 cm³/mol. The molecule has 0 aliphatic heterocycles. The van der Waals surface area contributed by atoms with E-state index in [0.717, 1.165) is 11.3 Å². The maximum atomic E-state index is 11.8. The van der Waals surface area contributed by atoms with Gasteiger partial charge in [-0.05, 0) is 45.5 Å². The molecule has 0 heterocycles. The van der Waals surface area contributed by atoms with E-state index in [1.807, 2.05) is 45.2 Å². The summed E-state index contributed by atoms with van der Waals surface area (Å²) in [6.07, 6.45) is 0.0152. The second-order valence-corrected chi connectivity index (χ2v) is 4.74. The van der Waals surface area contributed by atoms with E-state index in [4.69, 9.17) is 4.74 Å². The SMILES string of the molecule is CCOC(C)CNC(=O)Nc1cccc(C(C)NC)c1. The fourth-order valence-corrected chi connectivity index (χ4v) is 1.81. The molecule has 0 radical (unpaired) electrons. The van der Waals surface area contributed by atoms with E-state index in [0.29, 0.717) is 13.2 Å². The molecule has 0 bridgehead atoms. The van der Waals surface area contributed by atoms with Gasteiger partial charge >= 0.3 is 6.03 Å². The van der Waals surface area contributed by atoms with Crippen LogP contribution in [0, 0.1) is 0 Å². The fraction of sp³-hybridized carbons (Fsp3) is 0.533. The predicted octanol–water partition coefficient (Wildman–Crippen LogP) is 2.51. The number of nitrogens with one attached hydrogen (secondary N) is 3. The van der Waals surface area contributed by atoms with Gasteiger partial charge in [0, 0.05) is 24.9 Å². The molecule has 20 heavy (non-hydrogen) atoms. The number of hydrogen-bond donors (Lipinski definition) is 3. The third kappa shape index (κ3) is 5.59. The second kappa shape index (κ2) is 8.55. The fourth-order valence-electron chi connectivity index (χ4n) is 1.81. The summed E-state index contributed by atoms with van der Waals surface area (Å²) in [4.78, 5) is 11.8. The number of carbonyl (C=O) groups is 1. The minimum Gasteiger partial charge on any atom is -0.377 e. The summed E-state index contributed by atoms with van der Waals surface area (Å²) in [5, 5.41) is 8.78. The Morgan fingerprint density at radius 2 is 2.10 bits per heavy atom. The number of anilines is 1. The smallest absolute Gasteiger partial charge is 0.319 e. The molecular formula is C15H25N3O2. The van der Waals surface area contributed by atoms with Gasteiger partial charge in [0.25, 0.3) is 0 Å². The summed E-state index contributed by atoms with van der Waals surface area (Å²) in [7, 11) is 1.91. The Balaban J connectivity index is 2.49. The molecule has 1 aromatic carbocycles. The van der Waals surface area contributed by atoms with E-state index < -0.39 is 0 Å². The highest BCUT2D eigenvalue weighted by Crippen LogP contribution is 2.16. The first-order chi connectivity index (χ1) is 9.56. The summed E-state index contributed by atoms with van der Waals surface area (Å²) in [6.45, 7) is 7.08. The number of ether oxygens (including phenoxy) is 1. The highest BCUT2D eigenvalue weighted by atomic mass is 16.5. The first kappa shape index (κ1) is 16.5. The summed E-state index contributed by atoms with van der Waals surface area (Å²) in [5.74, 6) is 0. The van der Waals surface area contributed by atoms with E-state index in [-0.39, 0.29) is 18.2 Å². The van der Waals surface area contributed by atoms with Gasteiger partial charge in [-0.15, -0.1) is 0 Å². The lowest BCUT2D eigenvalue weighted by Crippen LogP contribution is -2.35. The van der Waals surface area contributed by atoms with Crippen LogP contribution in [0.15, 0.2) is 24.3 Å². The second-order valence-electron chi connectivity index (χ2n) is 4.74. The third-order valence-electron chi connectivity index (χ3n) is 3.08. The lowest BCUT2D eigenvalue weighted by Gasteiger charge is -2.15. The molecule has 2 unspecified atom stereocenters. The third-order valence-corrected chi connectivity index (χ3v) is 3.08. The van der Waals surface area contributed by atoms with Gasteiger partial charge in [-0.2, -0.15) is 0 Å². The molecule has 0 aliphatic carbocycles. The molecule has 0 saturated heterocycles. The average molecular weight is 279 g/mol. The Hall–Kier alpha value is -1.59. The lowest BCUT2D eigenvalue weighted by atomic mass is 10.1. The van der Waals surface area contributed by atoms with Gasteiger partial charge < -0.3 is 20.7 Å². The Morgan fingerprint density at radius 3 is 2.75 bits per heavy atom. The summed E-state index contributed by atoms with van der Waals surface area (Å²) in [6, 6.07) is 7.83.